The zero-order chi connectivity index (χ0) is 22.1. The molecule has 0 bridgehead atoms. The van der Waals surface area contributed by atoms with Gasteiger partial charge >= 0.3 is 6.18 Å². The minimum absolute atomic E-state index is 0.00701. The van der Waals surface area contributed by atoms with Crippen molar-refractivity contribution in [3.8, 4) is 0 Å². The van der Waals surface area contributed by atoms with Gasteiger partial charge in [0.15, 0.2) is 0 Å². The molecule has 2 heterocycles. The molecular weight excluding hydrogens is 423 g/mol. The molecular formula is C19H20F3N3O4S. The molecule has 1 aliphatic rings. The van der Waals surface area contributed by atoms with E-state index in [9.17, 15) is 26.4 Å². The number of rotatable bonds is 4. The number of carbonyl (C=O) groups is 1. The summed E-state index contributed by atoms with van der Waals surface area (Å²) in [4.78, 5) is 16.1. The van der Waals surface area contributed by atoms with E-state index < -0.39 is 27.8 Å². The molecule has 7 nitrogen and oxygen atoms in total. The molecule has 1 amide bonds. The average Bonchev–Trinajstić information content (AvgIpc) is 2.69. The van der Waals surface area contributed by atoms with Crippen LogP contribution >= 0.6 is 0 Å². The number of nitrogens with zero attached hydrogens (tertiary/aromatic N) is 2. The van der Waals surface area contributed by atoms with Crippen LogP contribution in [0.1, 0.15) is 27.3 Å². The fraction of sp³-hybridized carbons (Fsp3) is 0.368. The number of nitrogens with one attached hydrogen (secondary N) is 1. The lowest BCUT2D eigenvalue weighted by atomic mass is 10.1. The molecule has 162 valence electrons. The van der Waals surface area contributed by atoms with Crippen LogP contribution in [0.5, 0.6) is 0 Å². The third-order valence-corrected chi connectivity index (χ3v) is 6.58. The Labute approximate surface area is 171 Å². The highest BCUT2D eigenvalue weighted by atomic mass is 32.2. The number of hydrogen-bond donors (Lipinski definition) is 1. The number of hydrogen-bond acceptors (Lipinski definition) is 5. The van der Waals surface area contributed by atoms with E-state index in [1.54, 1.807) is 13.0 Å². The van der Waals surface area contributed by atoms with Crippen molar-refractivity contribution in [3.63, 3.8) is 0 Å². The Morgan fingerprint density at radius 2 is 1.80 bits per heavy atom. The van der Waals surface area contributed by atoms with Crippen LogP contribution in [0.2, 0.25) is 0 Å². The Balaban J connectivity index is 1.86. The van der Waals surface area contributed by atoms with Gasteiger partial charge in [-0.2, -0.15) is 17.5 Å². The van der Waals surface area contributed by atoms with Gasteiger partial charge in [0.1, 0.15) is 5.69 Å². The van der Waals surface area contributed by atoms with Crippen molar-refractivity contribution < 1.29 is 31.1 Å². The summed E-state index contributed by atoms with van der Waals surface area (Å²) >= 11 is 0. The molecule has 0 saturated carbocycles. The lowest BCUT2D eigenvalue weighted by Crippen LogP contribution is -2.40. The van der Waals surface area contributed by atoms with Crippen LogP contribution < -0.4 is 5.32 Å². The predicted octanol–water partition coefficient (Wildman–Crippen LogP) is 2.99. The molecule has 2 aromatic rings. The number of pyridine rings is 1. The van der Waals surface area contributed by atoms with Crippen molar-refractivity contribution in [2.24, 2.45) is 0 Å². The maximum absolute atomic E-state index is 12.8. The number of sulfonamides is 1. The van der Waals surface area contributed by atoms with Crippen molar-refractivity contribution in [1.82, 2.24) is 9.29 Å². The summed E-state index contributed by atoms with van der Waals surface area (Å²) in [7, 11) is -3.77. The number of alkyl halides is 3. The molecule has 3 rings (SSSR count). The van der Waals surface area contributed by atoms with Crippen LogP contribution in [-0.2, 0) is 20.9 Å². The average molecular weight is 443 g/mol. The molecule has 0 spiro atoms. The summed E-state index contributed by atoms with van der Waals surface area (Å²) in [5.41, 5.74) is -0.373. The van der Waals surface area contributed by atoms with Crippen LogP contribution in [-0.4, -0.2) is 49.9 Å². The second-order valence-corrected chi connectivity index (χ2v) is 8.71. The van der Waals surface area contributed by atoms with Gasteiger partial charge in [0.2, 0.25) is 10.0 Å². The molecule has 0 unspecified atom stereocenters. The van der Waals surface area contributed by atoms with Crippen LogP contribution in [0.3, 0.4) is 0 Å². The highest BCUT2D eigenvalue weighted by Gasteiger charge is 2.33. The third kappa shape index (κ3) is 4.63. The van der Waals surface area contributed by atoms with E-state index in [0.717, 1.165) is 12.1 Å². The van der Waals surface area contributed by atoms with Gasteiger partial charge in [0.05, 0.1) is 29.4 Å². The van der Waals surface area contributed by atoms with Crippen molar-refractivity contribution in [1.29, 1.82) is 0 Å². The van der Waals surface area contributed by atoms with Crippen molar-refractivity contribution >= 4 is 21.6 Å². The molecule has 1 fully saturated rings. The van der Waals surface area contributed by atoms with Crippen molar-refractivity contribution in [2.45, 2.75) is 24.9 Å². The van der Waals surface area contributed by atoms with Crippen molar-refractivity contribution in [2.75, 3.05) is 31.6 Å². The maximum atomic E-state index is 12.8. The summed E-state index contributed by atoms with van der Waals surface area (Å²) in [6.45, 7) is 4.04. The van der Waals surface area contributed by atoms with E-state index in [0.29, 0.717) is 18.8 Å². The minimum atomic E-state index is -4.61. The zero-order valence-corrected chi connectivity index (χ0v) is 17.1. The van der Waals surface area contributed by atoms with Gasteiger partial charge in [-0.15, -0.1) is 0 Å². The first-order valence-electron chi connectivity index (χ1n) is 9.05. The number of morpholine rings is 1. The second-order valence-electron chi connectivity index (χ2n) is 6.77. The third-order valence-electron chi connectivity index (χ3n) is 4.69. The first kappa shape index (κ1) is 22.2. The summed E-state index contributed by atoms with van der Waals surface area (Å²) in [6.07, 6.45) is -4.61. The van der Waals surface area contributed by atoms with Crippen LogP contribution in [0.15, 0.2) is 35.2 Å². The molecule has 0 aliphatic carbocycles. The Hall–Kier alpha value is -2.50. The summed E-state index contributed by atoms with van der Waals surface area (Å²) in [5, 5.41) is 2.57. The van der Waals surface area contributed by atoms with Crippen molar-refractivity contribution in [3.05, 3.63) is 52.8 Å². The van der Waals surface area contributed by atoms with Gasteiger partial charge < -0.3 is 10.1 Å². The van der Waals surface area contributed by atoms with Crippen LogP contribution in [0.4, 0.5) is 18.9 Å². The largest absolute Gasteiger partial charge is 0.433 e. The van der Waals surface area contributed by atoms with Gasteiger partial charge in [-0.25, -0.2) is 13.4 Å². The summed E-state index contributed by atoms with van der Waals surface area (Å²) < 4.78 is 70.5. The smallest absolute Gasteiger partial charge is 0.379 e. The molecule has 11 heteroatoms. The SMILES string of the molecule is Cc1ccc(S(=O)(=O)N2CCOCC2)cc1NC(=O)c1ccc(C(F)(F)F)nc1C. The number of benzene rings is 1. The molecule has 1 saturated heterocycles. The van der Waals surface area contributed by atoms with Gasteiger partial charge in [0, 0.05) is 18.8 Å². The number of halogens is 3. The van der Waals surface area contributed by atoms with E-state index in [1.165, 1.54) is 23.4 Å². The summed E-state index contributed by atoms with van der Waals surface area (Å²) in [6, 6.07) is 6.12. The van der Waals surface area contributed by atoms with E-state index in [4.69, 9.17) is 4.74 Å². The predicted molar refractivity (Wildman–Crippen MR) is 103 cm³/mol. The molecule has 1 N–H and O–H groups in total. The van der Waals surface area contributed by atoms with Gasteiger partial charge in [-0.05, 0) is 43.7 Å². The molecule has 1 aromatic carbocycles. The normalized spacial score (nSPS) is 15.8. The number of anilines is 1. The van der Waals surface area contributed by atoms with Gasteiger partial charge in [0.25, 0.3) is 5.91 Å². The summed E-state index contributed by atoms with van der Waals surface area (Å²) in [5.74, 6) is -0.683. The highest BCUT2D eigenvalue weighted by Crippen LogP contribution is 2.29. The quantitative estimate of drug-likeness (QED) is 0.785. The van der Waals surface area contributed by atoms with Crippen LogP contribution in [0, 0.1) is 13.8 Å². The maximum Gasteiger partial charge on any atom is 0.433 e. The van der Waals surface area contributed by atoms with E-state index in [2.05, 4.69) is 10.3 Å². The first-order chi connectivity index (χ1) is 14.0. The monoisotopic (exact) mass is 443 g/mol. The Bertz CT molecular complexity index is 1070. The number of carbonyl (C=O) groups excluding carboxylic acids is 1. The highest BCUT2D eigenvalue weighted by molar-refractivity contribution is 7.89. The van der Waals surface area contributed by atoms with Crippen LogP contribution in [0.25, 0.3) is 0 Å². The lowest BCUT2D eigenvalue weighted by Gasteiger charge is -2.26. The van der Waals surface area contributed by atoms with Gasteiger partial charge in [-0.3, -0.25) is 4.79 Å². The number of ether oxygens (including phenoxy) is 1. The molecule has 0 radical (unpaired) electrons. The Morgan fingerprint density at radius 3 is 2.40 bits per heavy atom. The fourth-order valence-corrected chi connectivity index (χ4v) is 4.42. The van der Waals surface area contributed by atoms with E-state index >= 15 is 0 Å². The second kappa shape index (κ2) is 8.32. The topological polar surface area (TPSA) is 88.6 Å². The van der Waals surface area contributed by atoms with Gasteiger partial charge in [-0.1, -0.05) is 6.07 Å². The zero-order valence-electron chi connectivity index (χ0n) is 16.3. The number of aryl methyl sites for hydroxylation is 2. The molecule has 1 aromatic heterocycles. The van der Waals surface area contributed by atoms with E-state index in [-0.39, 0.29) is 34.9 Å². The minimum Gasteiger partial charge on any atom is -0.379 e. The standard InChI is InChI=1S/C19H20F3N3O4S/c1-12-3-4-14(30(27,28)25-7-9-29-10-8-25)11-16(12)24-18(26)15-5-6-17(19(20,21)22)23-13(15)2/h3-6,11H,7-10H2,1-2H3,(H,24,26). The fourth-order valence-electron chi connectivity index (χ4n) is 2.98. The number of amides is 1. The number of aromatic nitrogens is 1. The molecule has 0 atom stereocenters. The molecule has 1 aliphatic heterocycles. The Morgan fingerprint density at radius 1 is 1.13 bits per heavy atom. The molecule has 30 heavy (non-hydrogen) atoms. The first-order valence-corrected chi connectivity index (χ1v) is 10.5. The Kier molecular flexibility index (Phi) is 6.16. The van der Waals surface area contributed by atoms with E-state index in [1.807, 2.05) is 0 Å². The lowest BCUT2D eigenvalue weighted by molar-refractivity contribution is -0.141.